The summed E-state index contributed by atoms with van der Waals surface area (Å²) < 4.78 is 29.3. The van der Waals surface area contributed by atoms with Crippen molar-refractivity contribution in [2.24, 2.45) is 0 Å². The lowest BCUT2D eigenvalue weighted by molar-refractivity contribution is -0.139. The molecule has 0 radical (unpaired) electrons. The molecule has 0 fully saturated rings. The first kappa shape index (κ1) is 30.0. The van der Waals surface area contributed by atoms with Crippen LogP contribution in [-0.4, -0.2) is 44.3 Å². The molecule has 0 bridgehead atoms. The summed E-state index contributed by atoms with van der Waals surface area (Å²) in [5, 5.41) is 3.37. The maximum atomic E-state index is 13.9. The second-order valence-electron chi connectivity index (χ2n) is 8.60. The van der Waals surface area contributed by atoms with Gasteiger partial charge in [-0.1, -0.05) is 69.0 Å². The number of nitrogens with one attached hydrogen (secondary N) is 1. The lowest BCUT2D eigenvalue weighted by atomic mass is 10.1. The zero-order valence-electron chi connectivity index (χ0n) is 21.1. The van der Waals surface area contributed by atoms with Crippen molar-refractivity contribution >= 4 is 66.7 Å². The topological polar surface area (TPSA) is 86.8 Å². The molecule has 0 spiro atoms. The van der Waals surface area contributed by atoms with Crippen LogP contribution < -0.4 is 9.62 Å². The molecule has 2 amide bonds. The van der Waals surface area contributed by atoms with Crippen LogP contribution in [-0.2, 0) is 26.2 Å². The van der Waals surface area contributed by atoms with Crippen LogP contribution in [0.1, 0.15) is 25.0 Å². The van der Waals surface area contributed by atoms with Crippen LogP contribution in [0.25, 0.3) is 0 Å². The Morgan fingerprint density at radius 1 is 1.00 bits per heavy atom. The quantitative estimate of drug-likeness (QED) is 0.303. The number of rotatable bonds is 10. The van der Waals surface area contributed by atoms with Gasteiger partial charge in [-0.3, -0.25) is 13.9 Å². The largest absolute Gasteiger partial charge is 0.355 e. The second kappa shape index (κ2) is 13.0. The second-order valence-corrected chi connectivity index (χ2v) is 12.2. The van der Waals surface area contributed by atoms with Crippen molar-refractivity contribution in [1.29, 1.82) is 0 Å². The average Bonchev–Trinajstić information content (AvgIpc) is 2.87. The highest BCUT2D eigenvalue weighted by molar-refractivity contribution is 9.10. The van der Waals surface area contributed by atoms with Crippen molar-refractivity contribution in [2.75, 3.05) is 17.4 Å². The molecule has 0 heterocycles. The van der Waals surface area contributed by atoms with Gasteiger partial charge in [0.2, 0.25) is 11.8 Å². The standard InChI is InChI=1S/C27H28BrCl2N3O4S/c1-4-31-27(35)19(3)32(16-23-24(29)9-6-10-25(23)30)26(34)17-33(21-8-5-7-20(28)15-21)38(36,37)22-13-11-18(2)12-14-22/h5-15,19H,4,16-17H2,1-3H3,(H,31,35). The number of halogens is 3. The molecule has 0 aliphatic carbocycles. The van der Waals surface area contributed by atoms with Gasteiger partial charge in [0, 0.05) is 33.2 Å². The molecule has 0 saturated carbocycles. The molecule has 11 heteroatoms. The molecule has 0 aromatic heterocycles. The highest BCUT2D eigenvalue weighted by Gasteiger charge is 2.33. The van der Waals surface area contributed by atoms with E-state index >= 15 is 0 Å². The summed E-state index contributed by atoms with van der Waals surface area (Å²) in [4.78, 5) is 28.0. The minimum Gasteiger partial charge on any atom is -0.355 e. The number of benzene rings is 3. The van der Waals surface area contributed by atoms with Crippen LogP contribution >= 0.6 is 39.1 Å². The Labute approximate surface area is 241 Å². The third-order valence-electron chi connectivity index (χ3n) is 5.89. The number of hydrogen-bond donors (Lipinski definition) is 1. The summed E-state index contributed by atoms with van der Waals surface area (Å²) in [5.74, 6) is -0.991. The number of likely N-dealkylation sites (N-methyl/N-ethyl adjacent to an activating group) is 1. The van der Waals surface area contributed by atoms with Crippen LogP contribution in [0.2, 0.25) is 10.0 Å². The van der Waals surface area contributed by atoms with Gasteiger partial charge in [-0.05, 0) is 63.2 Å². The molecule has 38 heavy (non-hydrogen) atoms. The van der Waals surface area contributed by atoms with Crippen LogP contribution in [0.15, 0.2) is 76.1 Å². The lowest BCUT2D eigenvalue weighted by Gasteiger charge is -2.32. The Morgan fingerprint density at radius 3 is 2.18 bits per heavy atom. The number of carbonyl (C=O) groups excluding carboxylic acids is 2. The van der Waals surface area contributed by atoms with Crippen LogP contribution in [0.3, 0.4) is 0 Å². The summed E-state index contributed by atoms with van der Waals surface area (Å²) in [5.41, 5.74) is 1.64. The SMILES string of the molecule is CCNC(=O)C(C)N(Cc1c(Cl)cccc1Cl)C(=O)CN(c1cccc(Br)c1)S(=O)(=O)c1ccc(C)cc1. The highest BCUT2D eigenvalue weighted by Crippen LogP contribution is 2.29. The van der Waals surface area contributed by atoms with Crippen molar-refractivity contribution < 1.29 is 18.0 Å². The normalized spacial score (nSPS) is 12.1. The van der Waals surface area contributed by atoms with E-state index in [9.17, 15) is 18.0 Å². The van der Waals surface area contributed by atoms with Gasteiger partial charge in [0.1, 0.15) is 12.6 Å². The van der Waals surface area contributed by atoms with Gasteiger partial charge in [0.25, 0.3) is 10.0 Å². The number of sulfonamides is 1. The molecule has 3 aromatic carbocycles. The van der Waals surface area contributed by atoms with Crippen molar-refractivity contribution in [2.45, 2.75) is 38.3 Å². The summed E-state index contributed by atoms with van der Waals surface area (Å²) in [7, 11) is -4.15. The molecule has 202 valence electrons. The first-order chi connectivity index (χ1) is 17.9. The Bertz CT molecular complexity index is 1400. The van der Waals surface area contributed by atoms with E-state index in [0.717, 1.165) is 9.87 Å². The highest BCUT2D eigenvalue weighted by atomic mass is 79.9. The fourth-order valence-corrected chi connectivity index (χ4v) is 6.07. The molecule has 0 saturated heterocycles. The maximum Gasteiger partial charge on any atom is 0.264 e. The van der Waals surface area contributed by atoms with Crippen molar-refractivity contribution in [3.8, 4) is 0 Å². The third kappa shape index (κ3) is 7.08. The van der Waals surface area contributed by atoms with E-state index in [4.69, 9.17) is 23.2 Å². The molecular formula is C27H28BrCl2N3O4S. The van der Waals surface area contributed by atoms with E-state index in [1.54, 1.807) is 68.4 Å². The molecule has 1 atom stereocenters. The monoisotopic (exact) mass is 639 g/mol. The van der Waals surface area contributed by atoms with Gasteiger partial charge in [-0.2, -0.15) is 0 Å². The molecular weight excluding hydrogens is 613 g/mol. The van der Waals surface area contributed by atoms with Crippen molar-refractivity contribution in [3.05, 3.63) is 92.4 Å². The Morgan fingerprint density at radius 2 is 1.61 bits per heavy atom. The fraction of sp³-hybridized carbons (Fsp3) is 0.259. The zero-order chi connectivity index (χ0) is 28.0. The number of amides is 2. The van der Waals surface area contributed by atoms with E-state index in [0.29, 0.717) is 26.6 Å². The first-order valence-electron chi connectivity index (χ1n) is 11.8. The maximum absolute atomic E-state index is 13.9. The molecule has 3 rings (SSSR count). The van der Waals surface area contributed by atoms with Gasteiger partial charge in [-0.15, -0.1) is 0 Å². The smallest absolute Gasteiger partial charge is 0.264 e. The van der Waals surface area contributed by atoms with Gasteiger partial charge in [-0.25, -0.2) is 8.42 Å². The summed E-state index contributed by atoms with van der Waals surface area (Å²) in [6.45, 7) is 4.91. The predicted molar refractivity (Wildman–Crippen MR) is 155 cm³/mol. The van der Waals surface area contributed by atoms with Crippen LogP contribution in [0.4, 0.5) is 5.69 Å². The van der Waals surface area contributed by atoms with Crippen LogP contribution in [0.5, 0.6) is 0 Å². The average molecular weight is 641 g/mol. The van der Waals surface area contributed by atoms with Crippen molar-refractivity contribution in [1.82, 2.24) is 10.2 Å². The molecule has 0 aliphatic heterocycles. The Balaban J connectivity index is 2.07. The zero-order valence-corrected chi connectivity index (χ0v) is 25.0. The predicted octanol–water partition coefficient (Wildman–Crippen LogP) is 5.81. The van der Waals surface area contributed by atoms with E-state index in [1.165, 1.54) is 17.0 Å². The van der Waals surface area contributed by atoms with E-state index in [1.807, 2.05) is 6.92 Å². The van der Waals surface area contributed by atoms with Gasteiger partial charge in [0.15, 0.2) is 0 Å². The summed E-state index contributed by atoms with van der Waals surface area (Å²) in [6.07, 6.45) is 0. The first-order valence-corrected chi connectivity index (χ1v) is 14.8. The van der Waals surface area contributed by atoms with E-state index in [-0.39, 0.29) is 23.0 Å². The van der Waals surface area contributed by atoms with E-state index < -0.39 is 28.5 Å². The van der Waals surface area contributed by atoms with Crippen molar-refractivity contribution in [3.63, 3.8) is 0 Å². The molecule has 3 aromatic rings. The number of hydrogen-bond acceptors (Lipinski definition) is 4. The molecule has 0 aliphatic rings. The number of aryl methyl sites for hydroxylation is 1. The molecule has 7 nitrogen and oxygen atoms in total. The van der Waals surface area contributed by atoms with Gasteiger partial charge < -0.3 is 10.2 Å². The number of carbonyl (C=O) groups is 2. The Hall–Kier alpha value is -2.59. The lowest BCUT2D eigenvalue weighted by Crippen LogP contribution is -2.51. The third-order valence-corrected chi connectivity index (χ3v) is 8.88. The number of nitrogens with zero attached hydrogens (tertiary/aromatic N) is 2. The fourth-order valence-electron chi connectivity index (χ4n) is 3.76. The van der Waals surface area contributed by atoms with Gasteiger partial charge >= 0.3 is 0 Å². The Kier molecular flexibility index (Phi) is 10.2. The van der Waals surface area contributed by atoms with Gasteiger partial charge in [0.05, 0.1) is 10.6 Å². The minimum atomic E-state index is -4.15. The number of anilines is 1. The molecule has 1 N–H and O–H groups in total. The summed E-state index contributed by atoms with van der Waals surface area (Å²) >= 11 is 16.1. The van der Waals surface area contributed by atoms with E-state index in [2.05, 4.69) is 21.2 Å². The summed E-state index contributed by atoms with van der Waals surface area (Å²) in [6, 6.07) is 17.1. The molecule has 1 unspecified atom stereocenters. The van der Waals surface area contributed by atoms with Crippen LogP contribution in [0, 0.1) is 6.92 Å². The minimum absolute atomic E-state index is 0.0355.